The molecule has 4 nitrogen and oxygen atoms in total. The molecule has 0 aliphatic rings. The first-order valence-corrected chi connectivity index (χ1v) is 8.29. The molecule has 0 aliphatic carbocycles. The molecule has 5 heteroatoms. The number of para-hydroxylation sites is 1. The molecule has 4 rings (SSSR count). The summed E-state index contributed by atoms with van der Waals surface area (Å²) in [6.45, 7) is 0. The van der Waals surface area contributed by atoms with Crippen LogP contribution in [0.5, 0.6) is 0 Å². The van der Waals surface area contributed by atoms with Gasteiger partial charge in [0.25, 0.3) is 0 Å². The number of carbonyl (C=O) groups excluding carboxylic acids is 1. The van der Waals surface area contributed by atoms with Gasteiger partial charge in [-0.25, -0.2) is 0 Å². The molecule has 126 valence electrons. The van der Waals surface area contributed by atoms with Crippen molar-refractivity contribution in [3.8, 4) is 11.3 Å². The summed E-state index contributed by atoms with van der Waals surface area (Å²) in [5.41, 5.74) is 0.963. The Morgan fingerprint density at radius 2 is 1.73 bits per heavy atom. The predicted molar refractivity (Wildman–Crippen MR) is 101 cm³/mol. The van der Waals surface area contributed by atoms with Crippen LogP contribution < -0.4 is 5.43 Å². The summed E-state index contributed by atoms with van der Waals surface area (Å²) in [6.07, 6.45) is 3.00. The molecule has 2 aromatic carbocycles. The second-order valence-corrected chi connectivity index (χ2v) is 6.15. The standard InChI is InChI=1S/C21H12ClNO3/c22-15-9-7-13(8-10-15)21-18(19(24)14-4-3-11-23-12-14)20(25)16-5-1-2-6-17(16)26-21/h1-12H. The van der Waals surface area contributed by atoms with Gasteiger partial charge in [0, 0.05) is 28.5 Å². The van der Waals surface area contributed by atoms with Gasteiger partial charge in [-0.3, -0.25) is 14.6 Å². The van der Waals surface area contributed by atoms with E-state index in [0.29, 0.717) is 27.1 Å². The zero-order chi connectivity index (χ0) is 18.1. The van der Waals surface area contributed by atoms with Crippen molar-refractivity contribution in [3.05, 3.63) is 99.4 Å². The Morgan fingerprint density at radius 3 is 2.46 bits per heavy atom. The van der Waals surface area contributed by atoms with Gasteiger partial charge < -0.3 is 4.42 Å². The first-order chi connectivity index (χ1) is 12.6. The number of fused-ring (bicyclic) bond motifs is 1. The van der Waals surface area contributed by atoms with E-state index in [1.807, 2.05) is 0 Å². The van der Waals surface area contributed by atoms with E-state index in [0.717, 1.165) is 0 Å². The van der Waals surface area contributed by atoms with Crippen molar-refractivity contribution in [1.82, 2.24) is 4.98 Å². The third-order valence-electron chi connectivity index (χ3n) is 4.06. The highest BCUT2D eigenvalue weighted by Crippen LogP contribution is 2.28. The average Bonchev–Trinajstić information content (AvgIpc) is 2.69. The van der Waals surface area contributed by atoms with E-state index < -0.39 is 5.78 Å². The number of halogens is 1. The maximum absolute atomic E-state index is 13.1. The maximum Gasteiger partial charge on any atom is 0.204 e. The van der Waals surface area contributed by atoms with Gasteiger partial charge in [0.1, 0.15) is 16.9 Å². The van der Waals surface area contributed by atoms with Crippen LogP contribution in [-0.4, -0.2) is 10.8 Å². The summed E-state index contributed by atoms with van der Waals surface area (Å²) in [5, 5.41) is 0.912. The van der Waals surface area contributed by atoms with Crippen molar-refractivity contribution >= 4 is 28.4 Å². The highest BCUT2D eigenvalue weighted by atomic mass is 35.5. The number of hydrogen-bond acceptors (Lipinski definition) is 4. The fraction of sp³-hybridized carbons (Fsp3) is 0. The molecule has 2 heterocycles. The predicted octanol–water partition coefficient (Wildman–Crippen LogP) is 4.74. The summed E-state index contributed by atoms with van der Waals surface area (Å²) in [6, 6.07) is 16.9. The Balaban J connectivity index is 2.04. The monoisotopic (exact) mass is 361 g/mol. The molecule has 0 atom stereocenters. The van der Waals surface area contributed by atoms with Gasteiger partial charge in [0.2, 0.25) is 11.2 Å². The smallest absolute Gasteiger partial charge is 0.204 e. The SMILES string of the molecule is O=C(c1cccnc1)c1c(-c2ccc(Cl)cc2)oc2ccccc2c1=O. The van der Waals surface area contributed by atoms with E-state index in [1.165, 1.54) is 6.20 Å². The van der Waals surface area contributed by atoms with Crippen LogP contribution in [0.2, 0.25) is 5.02 Å². The summed E-state index contributed by atoms with van der Waals surface area (Å²) in [5.74, 6) is -0.207. The number of hydrogen-bond donors (Lipinski definition) is 0. The highest BCUT2D eigenvalue weighted by Gasteiger charge is 2.23. The van der Waals surface area contributed by atoms with Crippen LogP contribution in [-0.2, 0) is 0 Å². The molecule has 0 saturated carbocycles. The number of rotatable bonds is 3. The van der Waals surface area contributed by atoms with E-state index in [4.69, 9.17) is 16.0 Å². The molecule has 0 spiro atoms. The van der Waals surface area contributed by atoms with Gasteiger partial charge in [0.15, 0.2) is 0 Å². The van der Waals surface area contributed by atoms with Crippen LogP contribution in [0.3, 0.4) is 0 Å². The van der Waals surface area contributed by atoms with Gasteiger partial charge in [-0.1, -0.05) is 23.7 Å². The van der Waals surface area contributed by atoms with Crippen LogP contribution in [0.4, 0.5) is 0 Å². The fourth-order valence-electron chi connectivity index (χ4n) is 2.79. The average molecular weight is 362 g/mol. The third kappa shape index (κ3) is 2.80. The molecule has 0 unspecified atom stereocenters. The van der Waals surface area contributed by atoms with Gasteiger partial charge >= 0.3 is 0 Å². The maximum atomic E-state index is 13.1. The Morgan fingerprint density at radius 1 is 0.962 bits per heavy atom. The minimum atomic E-state index is -0.428. The van der Waals surface area contributed by atoms with E-state index in [1.54, 1.807) is 66.9 Å². The van der Waals surface area contributed by atoms with Crippen molar-refractivity contribution < 1.29 is 9.21 Å². The zero-order valence-corrected chi connectivity index (χ0v) is 14.2. The lowest BCUT2D eigenvalue weighted by Crippen LogP contribution is -2.18. The first-order valence-electron chi connectivity index (χ1n) is 7.91. The van der Waals surface area contributed by atoms with Crippen molar-refractivity contribution in [2.75, 3.05) is 0 Å². The number of ketones is 1. The molecule has 0 bridgehead atoms. The normalized spacial score (nSPS) is 10.8. The topological polar surface area (TPSA) is 60.2 Å². The minimum Gasteiger partial charge on any atom is -0.455 e. The second kappa shape index (κ2) is 6.58. The zero-order valence-electron chi connectivity index (χ0n) is 13.5. The Labute approximate surface area is 153 Å². The lowest BCUT2D eigenvalue weighted by Gasteiger charge is -2.10. The molecule has 0 radical (unpaired) electrons. The van der Waals surface area contributed by atoms with Crippen molar-refractivity contribution in [2.45, 2.75) is 0 Å². The van der Waals surface area contributed by atoms with Gasteiger partial charge in [-0.15, -0.1) is 0 Å². The lowest BCUT2D eigenvalue weighted by atomic mass is 9.98. The summed E-state index contributed by atoms with van der Waals surface area (Å²) < 4.78 is 5.96. The molecule has 0 fully saturated rings. The van der Waals surface area contributed by atoms with E-state index in [2.05, 4.69) is 4.98 Å². The van der Waals surface area contributed by atoms with Crippen molar-refractivity contribution in [2.24, 2.45) is 0 Å². The van der Waals surface area contributed by atoms with Crippen LogP contribution in [0, 0.1) is 0 Å². The largest absolute Gasteiger partial charge is 0.455 e. The summed E-state index contributed by atoms with van der Waals surface area (Å²) in [7, 11) is 0. The Bertz CT molecular complexity index is 1170. The summed E-state index contributed by atoms with van der Waals surface area (Å²) >= 11 is 5.96. The minimum absolute atomic E-state index is 0.0148. The first kappa shape index (κ1) is 16.2. The summed E-state index contributed by atoms with van der Waals surface area (Å²) in [4.78, 5) is 30.1. The molecular formula is C21H12ClNO3. The number of carbonyl (C=O) groups is 1. The van der Waals surface area contributed by atoms with Gasteiger partial charge in [0.05, 0.1) is 5.39 Å². The molecular weight excluding hydrogens is 350 g/mol. The number of pyridine rings is 1. The molecule has 0 amide bonds. The number of aromatic nitrogens is 1. The molecule has 4 aromatic rings. The molecule has 2 aromatic heterocycles. The van der Waals surface area contributed by atoms with Crippen molar-refractivity contribution in [3.63, 3.8) is 0 Å². The molecule has 0 N–H and O–H groups in total. The Kier molecular flexibility index (Phi) is 4.11. The van der Waals surface area contributed by atoms with Gasteiger partial charge in [-0.2, -0.15) is 0 Å². The Hall–Kier alpha value is -3.24. The molecule has 0 saturated heterocycles. The van der Waals surface area contributed by atoms with Crippen LogP contribution >= 0.6 is 11.6 Å². The van der Waals surface area contributed by atoms with Crippen LogP contribution in [0.1, 0.15) is 15.9 Å². The molecule has 0 aliphatic heterocycles. The van der Waals surface area contributed by atoms with E-state index >= 15 is 0 Å². The third-order valence-corrected chi connectivity index (χ3v) is 4.31. The highest BCUT2D eigenvalue weighted by molar-refractivity contribution is 6.30. The van der Waals surface area contributed by atoms with E-state index in [-0.39, 0.29) is 16.8 Å². The second-order valence-electron chi connectivity index (χ2n) is 5.71. The number of benzene rings is 2. The molecule has 26 heavy (non-hydrogen) atoms. The quantitative estimate of drug-likeness (QED) is 0.494. The van der Waals surface area contributed by atoms with Crippen LogP contribution in [0.15, 0.2) is 82.3 Å². The van der Waals surface area contributed by atoms with Gasteiger partial charge in [-0.05, 0) is 48.5 Å². The fourth-order valence-corrected chi connectivity index (χ4v) is 2.92. The van der Waals surface area contributed by atoms with E-state index in [9.17, 15) is 9.59 Å². The van der Waals surface area contributed by atoms with Crippen molar-refractivity contribution in [1.29, 1.82) is 0 Å². The number of nitrogens with zero attached hydrogens (tertiary/aromatic N) is 1. The lowest BCUT2D eigenvalue weighted by molar-refractivity contribution is 0.103. The van der Waals surface area contributed by atoms with Crippen LogP contribution in [0.25, 0.3) is 22.3 Å².